The molecule has 2 atom stereocenters. The Morgan fingerprint density at radius 2 is 2.09 bits per heavy atom. The van der Waals surface area contributed by atoms with Crippen LogP contribution in [0.15, 0.2) is 41.4 Å². The van der Waals surface area contributed by atoms with E-state index in [0.29, 0.717) is 17.7 Å². The van der Waals surface area contributed by atoms with E-state index in [4.69, 9.17) is 0 Å². The largest absolute Gasteiger partial charge is 0.352 e. The van der Waals surface area contributed by atoms with Gasteiger partial charge in [0.25, 0.3) is 0 Å². The quantitative estimate of drug-likeness (QED) is 0.867. The lowest BCUT2D eigenvalue weighted by atomic mass is 9.86. The lowest BCUT2D eigenvalue weighted by molar-refractivity contribution is -0.119. The first-order valence-corrected chi connectivity index (χ1v) is 8.98. The lowest BCUT2D eigenvalue weighted by Gasteiger charge is -2.29. The van der Waals surface area contributed by atoms with Crippen LogP contribution in [0, 0.1) is 5.92 Å². The third-order valence-corrected chi connectivity index (χ3v) is 5.46. The van der Waals surface area contributed by atoms with Gasteiger partial charge in [-0.25, -0.2) is 0 Å². The molecule has 1 saturated carbocycles. The number of benzene rings is 1. The van der Waals surface area contributed by atoms with Gasteiger partial charge in [-0.05, 0) is 30.9 Å². The Morgan fingerprint density at radius 1 is 1.27 bits per heavy atom. The Kier molecular flexibility index (Phi) is 4.98. The van der Waals surface area contributed by atoms with Gasteiger partial charge in [0.2, 0.25) is 5.91 Å². The van der Waals surface area contributed by atoms with Gasteiger partial charge >= 0.3 is 0 Å². The summed E-state index contributed by atoms with van der Waals surface area (Å²) in [7, 11) is 0. The number of pyridine rings is 1. The van der Waals surface area contributed by atoms with Crippen molar-refractivity contribution in [3.05, 3.63) is 36.5 Å². The van der Waals surface area contributed by atoms with Crippen LogP contribution in [0.3, 0.4) is 0 Å². The van der Waals surface area contributed by atoms with E-state index >= 15 is 0 Å². The van der Waals surface area contributed by atoms with Crippen molar-refractivity contribution < 1.29 is 4.79 Å². The molecule has 0 aliphatic heterocycles. The van der Waals surface area contributed by atoms with E-state index in [1.54, 1.807) is 18.0 Å². The maximum Gasteiger partial charge on any atom is 0.230 e. The fraction of sp³-hybridized carbons (Fsp3) is 0.444. The van der Waals surface area contributed by atoms with Gasteiger partial charge in [-0.1, -0.05) is 38.0 Å². The van der Waals surface area contributed by atoms with Gasteiger partial charge in [-0.3, -0.25) is 9.78 Å². The van der Waals surface area contributed by atoms with Crippen LogP contribution in [0.5, 0.6) is 0 Å². The molecule has 1 amide bonds. The fourth-order valence-electron chi connectivity index (χ4n) is 3.12. The van der Waals surface area contributed by atoms with E-state index < -0.39 is 0 Å². The molecule has 1 heterocycles. The summed E-state index contributed by atoms with van der Waals surface area (Å²) < 4.78 is 0. The van der Waals surface area contributed by atoms with Gasteiger partial charge in [0, 0.05) is 22.5 Å². The first-order chi connectivity index (χ1) is 10.7. The number of amides is 1. The van der Waals surface area contributed by atoms with E-state index in [1.165, 1.54) is 19.3 Å². The molecule has 0 radical (unpaired) electrons. The van der Waals surface area contributed by atoms with Crippen LogP contribution in [0.25, 0.3) is 10.9 Å². The average Bonchev–Trinajstić information content (AvgIpc) is 2.55. The molecule has 1 aliphatic rings. The molecular weight excluding hydrogens is 292 g/mol. The van der Waals surface area contributed by atoms with Gasteiger partial charge in [0.1, 0.15) is 0 Å². The minimum Gasteiger partial charge on any atom is -0.352 e. The second-order valence-corrected chi connectivity index (χ2v) is 7.07. The summed E-state index contributed by atoms with van der Waals surface area (Å²) >= 11 is 1.57. The van der Waals surface area contributed by atoms with Crippen molar-refractivity contribution in [2.24, 2.45) is 5.92 Å². The first-order valence-electron chi connectivity index (χ1n) is 8.00. The van der Waals surface area contributed by atoms with Gasteiger partial charge in [-0.15, -0.1) is 11.8 Å². The maximum absolute atomic E-state index is 12.2. The number of nitrogens with zero attached hydrogens (tertiary/aromatic N) is 1. The molecule has 1 aliphatic carbocycles. The van der Waals surface area contributed by atoms with Crippen LogP contribution >= 0.6 is 11.8 Å². The normalized spacial score (nSPS) is 21.7. The molecule has 3 rings (SSSR count). The van der Waals surface area contributed by atoms with E-state index in [1.807, 2.05) is 18.2 Å². The summed E-state index contributed by atoms with van der Waals surface area (Å²) in [6.07, 6.45) is 6.68. The molecule has 0 spiro atoms. The number of carbonyl (C=O) groups excluding carboxylic acids is 1. The Morgan fingerprint density at radius 3 is 2.95 bits per heavy atom. The summed E-state index contributed by atoms with van der Waals surface area (Å²) in [5.41, 5.74) is 0.980. The number of hydrogen-bond donors (Lipinski definition) is 1. The van der Waals surface area contributed by atoms with Crippen LogP contribution in [-0.4, -0.2) is 22.7 Å². The lowest BCUT2D eigenvalue weighted by Crippen LogP contribution is -2.41. The van der Waals surface area contributed by atoms with Crippen LogP contribution in [0.4, 0.5) is 0 Å². The van der Waals surface area contributed by atoms with Gasteiger partial charge in [0.05, 0.1) is 11.3 Å². The number of hydrogen-bond acceptors (Lipinski definition) is 3. The molecule has 116 valence electrons. The highest BCUT2D eigenvalue weighted by molar-refractivity contribution is 8.00. The molecule has 0 unspecified atom stereocenters. The Labute approximate surface area is 135 Å². The molecule has 4 heteroatoms. The molecule has 0 bridgehead atoms. The minimum absolute atomic E-state index is 0.136. The molecule has 1 fully saturated rings. The molecule has 3 nitrogen and oxygen atoms in total. The summed E-state index contributed by atoms with van der Waals surface area (Å²) in [4.78, 5) is 17.7. The van der Waals surface area contributed by atoms with Crippen molar-refractivity contribution >= 4 is 28.6 Å². The molecule has 2 aromatic rings. The zero-order valence-corrected chi connectivity index (χ0v) is 13.7. The van der Waals surface area contributed by atoms with Gasteiger partial charge in [0.15, 0.2) is 0 Å². The summed E-state index contributed by atoms with van der Waals surface area (Å²) in [5.74, 6) is 1.19. The van der Waals surface area contributed by atoms with Crippen molar-refractivity contribution in [3.8, 4) is 0 Å². The number of para-hydroxylation sites is 1. The highest BCUT2D eigenvalue weighted by Crippen LogP contribution is 2.27. The topological polar surface area (TPSA) is 42.0 Å². The standard InChI is InChI=1S/C18H22N2OS/c1-13-6-2-3-9-15(13)20-17(21)12-22-16-10-4-7-14-8-5-11-19-18(14)16/h4-5,7-8,10-11,13,15H,2-3,6,9,12H2,1H3,(H,20,21)/t13-,15-/m0/s1. The second kappa shape index (κ2) is 7.14. The third-order valence-electron chi connectivity index (χ3n) is 4.41. The van der Waals surface area contributed by atoms with Crippen molar-refractivity contribution in [1.82, 2.24) is 10.3 Å². The van der Waals surface area contributed by atoms with E-state index in [-0.39, 0.29) is 5.91 Å². The predicted molar refractivity (Wildman–Crippen MR) is 92.0 cm³/mol. The van der Waals surface area contributed by atoms with Crippen LogP contribution in [0.2, 0.25) is 0 Å². The monoisotopic (exact) mass is 314 g/mol. The van der Waals surface area contributed by atoms with Crippen molar-refractivity contribution in [3.63, 3.8) is 0 Å². The first kappa shape index (κ1) is 15.3. The van der Waals surface area contributed by atoms with E-state index in [2.05, 4.69) is 29.4 Å². The minimum atomic E-state index is 0.136. The predicted octanol–water partition coefficient (Wildman–Crippen LogP) is 4.02. The Hall–Kier alpha value is -1.55. The molecule has 1 N–H and O–H groups in total. The van der Waals surface area contributed by atoms with Crippen LogP contribution in [-0.2, 0) is 4.79 Å². The number of carbonyl (C=O) groups is 1. The summed E-state index contributed by atoms with van der Waals surface area (Å²) in [6.45, 7) is 2.24. The van der Waals surface area contributed by atoms with Crippen LogP contribution < -0.4 is 5.32 Å². The highest BCUT2D eigenvalue weighted by Gasteiger charge is 2.22. The number of rotatable bonds is 4. The number of aromatic nitrogens is 1. The Bertz CT molecular complexity index is 653. The summed E-state index contributed by atoms with van der Waals surface area (Å²) in [6, 6.07) is 10.5. The van der Waals surface area contributed by atoms with Crippen LogP contribution in [0.1, 0.15) is 32.6 Å². The number of fused-ring (bicyclic) bond motifs is 1. The average molecular weight is 314 g/mol. The summed E-state index contributed by atoms with van der Waals surface area (Å²) in [5, 5.41) is 4.33. The fourth-order valence-corrected chi connectivity index (χ4v) is 3.97. The van der Waals surface area contributed by atoms with Crippen molar-refractivity contribution in [2.75, 3.05) is 5.75 Å². The van der Waals surface area contributed by atoms with Gasteiger partial charge in [-0.2, -0.15) is 0 Å². The maximum atomic E-state index is 12.2. The zero-order valence-electron chi connectivity index (χ0n) is 12.9. The van der Waals surface area contributed by atoms with E-state index in [0.717, 1.165) is 22.2 Å². The highest BCUT2D eigenvalue weighted by atomic mass is 32.2. The zero-order chi connectivity index (χ0) is 15.4. The molecule has 1 aromatic carbocycles. The number of nitrogens with one attached hydrogen (secondary N) is 1. The molecule has 0 saturated heterocycles. The SMILES string of the molecule is C[C@H]1CCCC[C@@H]1NC(=O)CSc1cccc2cccnc12. The second-order valence-electron chi connectivity index (χ2n) is 6.06. The smallest absolute Gasteiger partial charge is 0.230 e. The number of thioether (sulfide) groups is 1. The van der Waals surface area contributed by atoms with E-state index in [9.17, 15) is 4.79 Å². The molecule has 22 heavy (non-hydrogen) atoms. The third kappa shape index (κ3) is 3.61. The molecule has 1 aromatic heterocycles. The molecular formula is C18H22N2OS. The Balaban J connectivity index is 1.60. The van der Waals surface area contributed by atoms with Gasteiger partial charge < -0.3 is 5.32 Å². The van der Waals surface area contributed by atoms with Crippen molar-refractivity contribution in [2.45, 2.75) is 43.5 Å². The van der Waals surface area contributed by atoms with Crippen molar-refractivity contribution in [1.29, 1.82) is 0 Å².